The Balaban J connectivity index is 1.42. The Morgan fingerprint density at radius 1 is 1.03 bits per heavy atom. The molecule has 6 heteroatoms. The number of piperidine rings is 2. The van der Waals surface area contributed by atoms with Crippen LogP contribution in [0, 0.1) is 31.6 Å². The average Bonchev–Trinajstić information content (AvgIpc) is 2.80. The second-order valence-electron chi connectivity index (χ2n) is 9.85. The number of phenolic OH excluding ortho intramolecular Hbond substituents is 1. The van der Waals surface area contributed by atoms with Crippen LogP contribution in [-0.4, -0.2) is 66.6 Å². The maximum absolute atomic E-state index is 13.0. The van der Waals surface area contributed by atoms with Gasteiger partial charge in [0.25, 0.3) is 0 Å². The van der Waals surface area contributed by atoms with Crippen LogP contribution < -0.4 is 0 Å². The lowest BCUT2D eigenvalue weighted by molar-refractivity contribution is -0.141. The van der Waals surface area contributed by atoms with Crippen LogP contribution in [0.15, 0.2) is 12.1 Å². The molecular formula is C26H40N2O4. The lowest BCUT2D eigenvalue weighted by Crippen LogP contribution is -2.44. The van der Waals surface area contributed by atoms with Gasteiger partial charge >= 0.3 is 5.97 Å². The number of hydrogen-bond donors (Lipinski definition) is 1. The molecule has 2 aliphatic rings. The van der Waals surface area contributed by atoms with Crippen LogP contribution in [-0.2, 0) is 20.7 Å². The summed E-state index contributed by atoms with van der Waals surface area (Å²) in [7, 11) is 1.45. The molecule has 6 nitrogen and oxygen atoms in total. The fourth-order valence-electron chi connectivity index (χ4n) is 5.51. The van der Waals surface area contributed by atoms with E-state index >= 15 is 0 Å². The van der Waals surface area contributed by atoms with E-state index in [1.807, 2.05) is 32.9 Å². The van der Waals surface area contributed by atoms with Gasteiger partial charge in [0, 0.05) is 25.6 Å². The molecule has 3 rings (SSSR count). The maximum atomic E-state index is 13.0. The highest BCUT2D eigenvalue weighted by Gasteiger charge is 2.32. The molecule has 0 spiro atoms. The summed E-state index contributed by atoms with van der Waals surface area (Å²) in [6.07, 6.45) is 5.77. The highest BCUT2D eigenvalue weighted by atomic mass is 16.5. The van der Waals surface area contributed by atoms with Gasteiger partial charge in [-0.3, -0.25) is 9.59 Å². The number of carbonyl (C=O) groups is 2. The maximum Gasteiger partial charge on any atom is 0.306 e. The zero-order chi connectivity index (χ0) is 23.3. The normalized spacial score (nSPS) is 19.7. The summed E-state index contributed by atoms with van der Waals surface area (Å²) in [5.41, 5.74) is 2.86. The minimum Gasteiger partial charge on any atom is -0.507 e. The van der Waals surface area contributed by atoms with Crippen molar-refractivity contribution in [1.29, 1.82) is 0 Å². The van der Waals surface area contributed by atoms with E-state index in [4.69, 9.17) is 4.74 Å². The number of ether oxygens (including phenoxy) is 1. The zero-order valence-corrected chi connectivity index (χ0v) is 20.2. The molecule has 0 aliphatic carbocycles. The third-order valence-electron chi connectivity index (χ3n) is 7.52. The molecule has 2 saturated heterocycles. The average molecular weight is 445 g/mol. The van der Waals surface area contributed by atoms with Gasteiger partial charge in [-0.05, 0) is 87.6 Å². The number of methoxy groups -OCH3 is 1. The molecule has 0 saturated carbocycles. The first-order chi connectivity index (χ1) is 15.3. The second kappa shape index (κ2) is 11.2. The number of carbonyl (C=O) groups excluding carboxylic acids is 2. The number of hydrogen-bond acceptors (Lipinski definition) is 5. The molecular weight excluding hydrogens is 404 g/mol. The van der Waals surface area contributed by atoms with Gasteiger partial charge in [-0.15, -0.1) is 0 Å². The van der Waals surface area contributed by atoms with Gasteiger partial charge in [0.15, 0.2) is 0 Å². The lowest BCUT2D eigenvalue weighted by Gasteiger charge is -2.40. The first-order valence-electron chi connectivity index (χ1n) is 12.2. The fraction of sp³-hybridized carbons (Fsp3) is 0.692. The number of esters is 1. The molecule has 1 amide bonds. The molecule has 1 atom stereocenters. The minimum absolute atomic E-state index is 0.0482. The summed E-state index contributed by atoms with van der Waals surface area (Å²) in [5, 5.41) is 9.99. The number of phenols is 1. The predicted octanol–water partition coefficient (Wildman–Crippen LogP) is 3.70. The third-order valence-corrected chi connectivity index (χ3v) is 7.52. The van der Waals surface area contributed by atoms with Crippen LogP contribution in [0.5, 0.6) is 5.75 Å². The Morgan fingerprint density at radius 2 is 1.56 bits per heavy atom. The summed E-state index contributed by atoms with van der Waals surface area (Å²) in [6, 6.07) is 3.99. The quantitative estimate of drug-likeness (QED) is 0.650. The van der Waals surface area contributed by atoms with E-state index in [9.17, 15) is 14.7 Å². The van der Waals surface area contributed by atoms with Crippen molar-refractivity contribution in [2.24, 2.45) is 17.8 Å². The Labute approximate surface area is 192 Å². The molecule has 178 valence electrons. The highest BCUT2D eigenvalue weighted by molar-refractivity contribution is 5.79. The van der Waals surface area contributed by atoms with Crippen LogP contribution in [0.3, 0.4) is 0 Å². The van der Waals surface area contributed by atoms with Crippen LogP contribution in [0.2, 0.25) is 0 Å². The van der Waals surface area contributed by atoms with E-state index in [1.54, 1.807) is 0 Å². The summed E-state index contributed by atoms with van der Waals surface area (Å²) in [5.74, 6) is 1.87. The monoisotopic (exact) mass is 444 g/mol. The number of nitrogens with zero attached hydrogens (tertiary/aromatic N) is 2. The minimum atomic E-state index is -0.130. The van der Waals surface area contributed by atoms with Crippen molar-refractivity contribution in [3.63, 3.8) is 0 Å². The van der Waals surface area contributed by atoms with Gasteiger partial charge in [-0.25, -0.2) is 0 Å². The number of rotatable bonds is 7. The second-order valence-corrected chi connectivity index (χ2v) is 9.85. The molecule has 2 aliphatic heterocycles. The third kappa shape index (κ3) is 6.25. The molecule has 0 aromatic heterocycles. The van der Waals surface area contributed by atoms with Gasteiger partial charge < -0.3 is 19.6 Å². The van der Waals surface area contributed by atoms with E-state index in [-0.39, 0.29) is 17.8 Å². The van der Waals surface area contributed by atoms with E-state index < -0.39 is 0 Å². The van der Waals surface area contributed by atoms with Gasteiger partial charge in [0.2, 0.25) is 5.91 Å². The summed E-state index contributed by atoms with van der Waals surface area (Å²) in [4.78, 5) is 28.8. The van der Waals surface area contributed by atoms with Crippen molar-refractivity contribution in [3.05, 3.63) is 28.8 Å². The first-order valence-corrected chi connectivity index (χ1v) is 12.2. The van der Waals surface area contributed by atoms with Gasteiger partial charge in [0.05, 0.1) is 13.5 Å². The molecule has 0 bridgehead atoms. The Hall–Kier alpha value is -2.08. The summed E-state index contributed by atoms with van der Waals surface area (Å²) in [6.45, 7) is 10.5. The van der Waals surface area contributed by atoms with Crippen molar-refractivity contribution in [2.75, 3.05) is 39.8 Å². The van der Waals surface area contributed by atoms with Crippen molar-refractivity contribution < 1.29 is 19.4 Å². The fourth-order valence-corrected chi connectivity index (χ4v) is 5.51. The molecule has 1 N–H and O–H groups in total. The topological polar surface area (TPSA) is 70.1 Å². The van der Waals surface area contributed by atoms with Crippen molar-refractivity contribution in [3.8, 4) is 5.75 Å². The summed E-state index contributed by atoms with van der Waals surface area (Å²) >= 11 is 0. The van der Waals surface area contributed by atoms with Gasteiger partial charge in [-0.2, -0.15) is 0 Å². The molecule has 0 radical (unpaired) electrons. The molecule has 2 heterocycles. The van der Waals surface area contributed by atoms with Crippen molar-refractivity contribution in [1.82, 2.24) is 9.80 Å². The number of aromatic hydroxyl groups is 1. The van der Waals surface area contributed by atoms with Crippen molar-refractivity contribution in [2.45, 2.75) is 59.3 Å². The van der Waals surface area contributed by atoms with E-state index in [0.29, 0.717) is 24.5 Å². The smallest absolute Gasteiger partial charge is 0.306 e. The number of amides is 1. The Kier molecular flexibility index (Phi) is 8.57. The number of likely N-dealkylation sites (tertiary alicyclic amines) is 2. The number of aryl methyl sites for hydroxylation is 2. The molecule has 2 fully saturated rings. The zero-order valence-electron chi connectivity index (χ0n) is 20.2. The molecule has 1 aromatic carbocycles. The standard InChI is InChI=1S/C26H40N2O4/c1-18-15-21(16-19(2)25(18)30)17-20(3)26(31)28-13-7-23(8-14-28)22-5-10-27(11-6-22)12-9-24(29)32-4/h15-16,20,22-23,30H,5-14,17H2,1-4H3/t20-/m1/s1. The van der Waals surface area contributed by atoms with Crippen LogP contribution in [0.25, 0.3) is 0 Å². The van der Waals surface area contributed by atoms with Crippen LogP contribution >= 0.6 is 0 Å². The largest absolute Gasteiger partial charge is 0.507 e. The van der Waals surface area contributed by atoms with E-state index in [1.165, 1.54) is 20.0 Å². The predicted molar refractivity (Wildman–Crippen MR) is 126 cm³/mol. The molecule has 32 heavy (non-hydrogen) atoms. The highest BCUT2D eigenvalue weighted by Crippen LogP contribution is 2.33. The van der Waals surface area contributed by atoms with Crippen LogP contribution in [0.4, 0.5) is 0 Å². The molecule has 1 aromatic rings. The molecule has 0 unspecified atom stereocenters. The van der Waals surface area contributed by atoms with Crippen LogP contribution in [0.1, 0.15) is 55.7 Å². The Morgan fingerprint density at radius 3 is 2.09 bits per heavy atom. The first kappa shape index (κ1) is 24.6. The summed E-state index contributed by atoms with van der Waals surface area (Å²) < 4.78 is 4.74. The van der Waals surface area contributed by atoms with Gasteiger partial charge in [0.1, 0.15) is 5.75 Å². The van der Waals surface area contributed by atoms with E-state index in [0.717, 1.165) is 68.2 Å². The number of benzene rings is 1. The lowest BCUT2D eigenvalue weighted by atomic mass is 9.78. The van der Waals surface area contributed by atoms with Crippen molar-refractivity contribution >= 4 is 11.9 Å². The Bertz CT molecular complexity index is 770. The van der Waals surface area contributed by atoms with E-state index in [2.05, 4.69) is 9.80 Å². The van der Waals surface area contributed by atoms with Gasteiger partial charge in [-0.1, -0.05) is 19.1 Å². The SMILES string of the molecule is COC(=O)CCN1CCC(C2CCN(C(=O)[C@H](C)Cc3cc(C)c(O)c(C)c3)CC2)CC1.